The van der Waals surface area contributed by atoms with E-state index in [1.165, 1.54) is 17.7 Å². The van der Waals surface area contributed by atoms with Crippen molar-refractivity contribution in [3.63, 3.8) is 0 Å². The summed E-state index contributed by atoms with van der Waals surface area (Å²) < 4.78 is 14.3. The molecule has 0 amide bonds. The molecule has 2 N–H and O–H groups in total. The predicted molar refractivity (Wildman–Crippen MR) is 85.5 cm³/mol. The van der Waals surface area contributed by atoms with E-state index in [-0.39, 0.29) is 11.7 Å². The van der Waals surface area contributed by atoms with Crippen molar-refractivity contribution in [3.05, 3.63) is 68.9 Å². The van der Waals surface area contributed by atoms with Crippen LogP contribution in [0, 0.1) is 11.7 Å². The molecule has 0 aliphatic rings. The molecule has 0 saturated heterocycles. The predicted octanol–water partition coefficient (Wildman–Crippen LogP) is 4.60. The van der Waals surface area contributed by atoms with Gasteiger partial charge in [-0.05, 0) is 66.8 Å². The lowest BCUT2D eigenvalue weighted by atomic mass is 9.92. The Labute approximate surface area is 132 Å². The lowest BCUT2D eigenvalue weighted by Crippen LogP contribution is -2.19. The van der Waals surface area contributed by atoms with Crippen LogP contribution in [-0.4, -0.2) is 6.54 Å². The van der Waals surface area contributed by atoms with E-state index in [0.29, 0.717) is 18.0 Å². The van der Waals surface area contributed by atoms with Crippen LogP contribution in [0.15, 0.2) is 46.9 Å². The van der Waals surface area contributed by atoms with Gasteiger partial charge in [0.2, 0.25) is 0 Å². The molecule has 0 aliphatic carbocycles. The zero-order valence-electron chi connectivity index (χ0n) is 11.0. The highest BCUT2D eigenvalue weighted by Crippen LogP contribution is 2.23. The SMILES string of the molecule is NCC(Cc1cccc(Br)c1)Cc1cc(F)ccc1Cl. The van der Waals surface area contributed by atoms with Crippen LogP contribution in [0.1, 0.15) is 11.1 Å². The summed E-state index contributed by atoms with van der Waals surface area (Å²) in [5.41, 5.74) is 7.87. The highest BCUT2D eigenvalue weighted by molar-refractivity contribution is 9.10. The molecule has 0 saturated carbocycles. The fourth-order valence-corrected chi connectivity index (χ4v) is 2.89. The van der Waals surface area contributed by atoms with Crippen LogP contribution in [0.2, 0.25) is 5.02 Å². The molecule has 0 aliphatic heterocycles. The molecule has 2 rings (SSSR count). The van der Waals surface area contributed by atoms with Gasteiger partial charge >= 0.3 is 0 Å². The van der Waals surface area contributed by atoms with Crippen molar-refractivity contribution >= 4 is 27.5 Å². The summed E-state index contributed by atoms with van der Waals surface area (Å²) in [7, 11) is 0. The standard InChI is InChI=1S/C16H16BrClFN/c17-14-3-1-2-11(8-14)6-12(10-20)7-13-9-15(19)4-5-16(13)18/h1-5,8-9,12H,6-7,10,20H2. The first-order chi connectivity index (χ1) is 9.58. The maximum atomic E-state index is 13.3. The van der Waals surface area contributed by atoms with Crippen molar-refractivity contribution in [2.75, 3.05) is 6.54 Å². The smallest absolute Gasteiger partial charge is 0.123 e. The van der Waals surface area contributed by atoms with Crippen LogP contribution in [0.25, 0.3) is 0 Å². The minimum Gasteiger partial charge on any atom is -0.330 e. The molecule has 1 atom stereocenters. The molecular formula is C16H16BrClFN. The van der Waals surface area contributed by atoms with Gasteiger partial charge in [0, 0.05) is 9.50 Å². The zero-order chi connectivity index (χ0) is 14.5. The van der Waals surface area contributed by atoms with Gasteiger partial charge in [-0.25, -0.2) is 4.39 Å². The van der Waals surface area contributed by atoms with Crippen LogP contribution in [0.3, 0.4) is 0 Å². The molecule has 20 heavy (non-hydrogen) atoms. The van der Waals surface area contributed by atoms with Crippen LogP contribution in [0.4, 0.5) is 4.39 Å². The van der Waals surface area contributed by atoms with E-state index in [4.69, 9.17) is 17.3 Å². The maximum Gasteiger partial charge on any atom is 0.123 e. The van der Waals surface area contributed by atoms with E-state index in [1.54, 1.807) is 6.07 Å². The van der Waals surface area contributed by atoms with Gasteiger partial charge in [-0.15, -0.1) is 0 Å². The summed E-state index contributed by atoms with van der Waals surface area (Å²) in [6.07, 6.45) is 1.53. The number of hydrogen-bond donors (Lipinski definition) is 1. The Bertz CT molecular complexity index is 588. The van der Waals surface area contributed by atoms with Crippen molar-refractivity contribution in [3.8, 4) is 0 Å². The summed E-state index contributed by atoms with van der Waals surface area (Å²) in [4.78, 5) is 0. The third kappa shape index (κ3) is 4.30. The van der Waals surface area contributed by atoms with Gasteiger partial charge in [-0.3, -0.25) is 0 Å². The third-order valence-electron chi connectivity index (χ3n) is 3.26. The molecule has 4 heteroatoms. The van der Waals surface area contributed by atoms with Crippen LogP contribution in [-0.2, 0) is 12.8 Å². The molecule has 2 aromatic rings. The molecule has 0 heterocycles. The summed E-state index contributed by atoms with van der Waals surface area (Å²) in [6, 6.07) is 12.6. The Hall–Kier alpha value is -0.900. The highest BCUT2D eigenvalue weighted by Gasteiger charge is 2.12. The number of halogens is 3. The number of rotatable bonds is 5. The maximum absolute atomic E-state index is 13.3. The number of hydrogen-bond acceptors (Lipinski definition) is 1. The third-order valence-corrected chi connectivity index (χ3v) is 4.13. The van der Waals surface area contributed by atoms with E-state index in [0.717, 1.165) is 16.5 Å². The Morgan fingerprint density at radius 1 is 1.15 bits per heavy atom. The second-order valence-electron chi connectivity index (χ2n) is 4.88. The fraction of sp³-hybridized carbons (Fsp3) is 0.250. The molecule has 2 aromatic carbocycles. The first-order valence-electron chi connectivity index (χ1n) is 6.47. The molecule has 1 nitrogen and oxygen atoms in total. The fourth-order valence-electron chi connectivity index (χ4n) is 2.25. The van der Waals surface area contributed by atoms with Crippen LogP contribution in [0.5, 0.6) is 0 Å². The minimum absolute atomic E-state index is 0.239. The van der Waals surface area contributed by atoms with E-state index in [2.05, 4.69) is 28.1 Å². The van der Waals surface area contributed by atoms with Gasteiger partial charge in [0.15, 0.2) is 0 Å². The number of benzene rings is 2. The second-order valence-corrected chi connectivity index (χ2v) is 6.20. The zero-order valence-corrected chi connectivity index (χ0v) is 13.3. The molecule has 0 fully saturated rings. The summed E-state index contributed by atoms with van der Waals surface area (Å²) in [5.74, 6) is -0.0220. The lowest BCUT2D eigenvalue weighted by Gasteiger charge is -2.16. The average molecular weight is 357 g/mol. The Morgan fingerprint density at radius 3 is 2.65 bits per heavy atom. The van der Waals surface area contributed by atoms with Gasteiger partial charge in [-0.1, -0.05) is 39.7 Å². The highest BCUT2D eigenvalue weighted by atomic mass is 79.9. The Kier molecular flexibility index (Phi) is 5.58. The van der Waals surface area contributed by atoms with Gasteiger partial charge in [-0.2, -0.15) is 0 Å². The topological polar surface area (TPSA) is 26.0 Å². The molecule has 1 unspecified atom stereocenters. The lowest BCUT2D eigenvalue weighted by molar-refractivity contribution is 0.530. The normalized spacial score (nSPS) is 12.4. The van der Waals surface area contributed by atoms with Crippen molar-refractivity contribution < 1.29 is 4.39 Å². The summed E-state index contributed by atoms with van der Waals surface area (Å²) in [6.45, 7) is 0.541. The van der Waals surface area contributed by atoms with Crippen molar-refractivity contribution in [2.45, 2.75) is 12.8 Å². The molecule has 106 valence electrons. The molecule has 0 aromatic heterocycles. The molecule has 0 spiro atoms. The monoisotopic (exact) mass is 355 g/mol. The van der Waals surface area contributed by atoms with Gasteiger partial charge < -0.3 is 5.73 Å². The molecule has 0 radical (unpaired) electrons. The van der Waals surface area contributed by atoms with E-state index in [1.807, 2.05) is 12.1 Å². The molecule has 0 bridgehead atoms. The van der Waals surface area contributed by atoms with Crippen molar-refractivity contribution in [2.24, 2.45) is 11.7 Å². The van der Waals surface area contributed by atoms with Gasteiger partial charge in [0.05, 0.1) is 0 Å². The minimum atomic E-state index is -0.261. The first-order valence-corrected chi connectivity index (χ1v) is 7.64. The molecular weight excluding hydrogens is 341 g/mol. The van der Waals surface area contributed by atoms with Gasteiger partial charge in [0.1, 0.15) is 5.82 Å². The number of nitrogens with two attached hydrogens (primary N) is 1. The van der Waals surface area contributed by atoms with Crippen molar-refractivity contribution in [1.82, 2.24) is 0 Å². The van der Waals surface area contributed by atoms with E-state index < -0.39 is 0 Å². The second kappa shape index (κ2) is 7.21. The Morgan fingerprint density at radius 2 is 1.95 bits per heavy atom. The Balaban J connectivity index is 2.11. The summed E-state index contributed by atoms with van der Waals surface area (Å²) >= 11 is 9.57. The van der Waals surface area contributed by atoms with Crippen LogP contribution >= 0.6 is 27.5 Å². The van der Waals surface area contributed by atoms with E-state index in [9.17, 15) is 4.39 Å². The summed E-state index contributed by atoms with van der Waals surface area (Å²) in [5, 5.41) is 0.596. The van der Waals surface area contributed by atoms with Crippen molar-refractivity contribution in [1.29, 1.82) is 0 Å². The largest absolute Gasteiger partial charge is 0.330 e. The quantitative estimate of drug-likeness (QED) is 0.832. The first kappa shape index (κ1) is 15.5. The van der Waals surface area contributed by atoms with E-state index >= 15 is 0 Å². The average Bonchev–Trinajstić information content (AvgIpc) is 2.42. The van der Waals surface area contributed by atoms with Crippen LogP contribution < -0.4 is 5.73 Å². The van der Waals surface area contributed by atoms with Gasteiger partial charge in [0.25, 0.3) is 0 Å².